The van der Waals surface area contributed by atoms with E-state index in [1.54, 1.807) is 0 Å². The minimum Gasteiger partial charge on any atom is -0.356 e. The molecule has 3 aliphatic heterocycles. The van der Waals surface area contributed by atoms with Gasteiger partial charge in [0.2, 0.25) is 11.9 Å². The number of carbonyl (C=O) groups excluding carboxylic acids is 1. The predicted molar refractivity (Wildman–Crippen MR) is 135 cm³/mol. The quantitative estimate of drug-likeness (QED) is 0.665. The molecule has 4 heterocycles. The molecule has 0 saturated carbocycles. The van der Waals surface area contributed by atoms with Crippen molar-refractivity contribution in [3.63, 3.8) is 0 Å². The molecule has 0 aromatic carbocycles. The Hall–Kier alpha value is -1.89. The molecule has 3 fully saturated rings. The van der Waals surface area contributed by atoms with Gasteiger partial charge in [0, 0.05) is 56.9 Å². The van der Waals surface area contributed by atoms with E-state index in [4.69, 9.17) is 4.98 Å². The molecule has 7 heteroatoms. The van der Waals surface area contributed by atoms with Gasteiger partial charge in [-0.05, 0) is 64.0 Å². The Morgan fingerprint density at radius 1 is 1.00 bits per heavy atom. The number of nitrogens with zero attached hydrogens (tertiary/aromatic N) is 5. The molecule has 4 rings (SSSR count). The zero-order valence-electron chi connectivity index (χ0n) is 20.8. The van der Waals surface area contributed by atoms with Gasteiger partial charge in [-0.3, -0.25) is 9.69 Å². The van der Waals surface area contributed by atoms with E-state index in [2.05, 4.69) is 44.9 Å². The van der Waals surface area contributed by atoms with Crippen molar-refractivity contribution in [1.82, 2.24) is 19.8 Å². The molecule has 0 radical (unpaired) electrons. The summed E-state index contributed by atoms with van der Waals surface area (Å²) in [7, 11) is 0. The summed E-state index contributed by atoms with van der Waals surface area (Å²) in [6, 6.07) is 2.89. The molecule has 1 amide bonds. The lowest BCUT2D eigenvalue weighted by Crippen LogP contribution is -2.55. The van der Waals surface area contributed by atoms with Crippen molar-refractivity contribution in [2.45, 2.75) is 90.1 Å². The van der Waals surface area contributed by atoms with Gasteiger partial charge in [-0.2, -0.15) is 4.98 Å². The molecule has 2 atom stereocenters. The Balaban J connectivity index is 1.34. The highest BCUT2D eigenvalue weighted by atomic mass is 16.2. The van der Waals surface area contributed by atoms with Crippen molar-refractivity contribution in [2.24, 2.45) is 5.92 Å². The SMILES string of the molecule is CCC(CC)C(=O)N1CCCC(N2CCCC(Nc3nccc(N4CCCCCC4)n3)C2)C1. The molecule has 2 unspecified atom stereocenters. The minimum absolute atomic E-state index is 0.188. The number of nitrogens with one attached hydrogen (secondary N) is 1. The third-order valence-corrected chi connectivity index (χ3v) is 7.92. The zero-order chi connectivity index (χ0) is 23.0. The molecule has 1 aromatic rings. The van der Waals surface area contributed by atoms with Gasteiger partial charge in [-0.25, -0.2) is 4.98 Å². The average Bonchev–Trinajstić information content (AvgIpc) is 3.15. The second-order valence-corrected chi connectivity index (χ2v) is 10.2. The minimum atomic E-state index is 0.188. The third-order valence-electron chi connectivity index (χ3n) is 7.92. The summed E-state index contributed by atoms with van der Waals surface area (Å²) in [5.41, 5.74) is 0. The number of anilines is 2. The van der Waals surface area contributed by atoms with E-state index in [1.165, 1.54) is 38.5 Å². The number of aromatic nitrogens is 2. The van der Waals surface area contributed by atoms with Crippen LogP contribution in [0.1, 0.15) is 78.1 Å². The summed E-state index contributed by atoms with van der Waals surface area (Å²) >= 11 is 0. The maximum absolute atomic E-state index is 13.0. The summed E-state index contributed by atoms with van der Waals surface area (Å²) in [6.07, 6.45) is 13.6. The van der Waals surface area contributed by atoms with E-state index >= 15 is 0 Å². The summed E-state index contributed by atoms with van der Waals surface area (Å²) in [6.45, 7) is 10.4. The van der Waals surface area contributed by atoms with Crippen LogP contribution in [0.4, 0.5) is 11.8 Å². The first-order chi connectivity index (χ1) is 16.2. The van der Waals surface area contributed by atoms with Crippen molar-refractivity contribution < 1.29 is 4.79 Å². The molecule has 0 aliphatic carbocycles. The van der Waals surface area contributed by atoms with Gasteiger partial charge in [0.1, 0.15) is 5.82 Å². The molecule has 1 aromatic heterocycles. The lowest BCUT2D eigenvalue weighted by molar-refractivity contribution is -0.138. The highest BCUT2D eigenvalue weighted by Crippen LogP contribution is 2.24. The number of hydrogen-bond donors (Lipinski definition) is 1. The summed E-state index contributed by atoms with van der Waals surface area (Å²) in [4.78, 5) is 29.6. The molecule has 33 heavy (non-hydrogen) atoms. The Kier molecular flexibility index (Phi) is 8.82. The molecule has 3 saturated heterocycles. The molecule has 1 N–H and O–H groups in total. The van der Waals surface area contributed by atoms with Gasteiger partial charge in [0.15, 0.2) is 0 Å². The van der Waals surface area contributed by atoms with Crippen LogP contribution in [0.15, 0.2) is 12.3 Å². The monoisotopic (exact) mass is 456 g/mol. The maximum Gasteiger partial charge on any atom is 0.225 e. The van der Waals surface area contributed by atoms with E-state index in [-0.39, 0.29) is 5.92 Å². The topological polar surface area (TPSA) is 64.6 Å². The Labute approximate surface area is 200 Å². The Morgan fingerprint density at radius 2 is 1.76 bits per heavy atom. The average molecular weight is 457 g/mol. The van der Waals surface area contributed by atoms with Gasteiger partial charge in [0.25, 0.3) is 0 Å². The molecule has 7 nitrogen and oxygen atoms in total. The molecule has 3 aliphatic rings. The number of rotatable bonds is 7. The lowest BCUT2D eigenvalue weighted by Gasteiger charge is -2.43. The number of likely N-dealkylation sites (tertiary alicyclic amines) is 2. The van der Waals surface area contributed by atoms with E-state index in [1.807, 2.05) is 6.20 Å². The highest BCUT2D eigenvalue weighted by molar-refractivity contribution is 5.78. The second-order valence-electron chi connectivity index (χ2n) is 10.2. The first-order valence-corrected chi connectivity index (χ1v) is 13.5. The molecule has 0 spiro atoms. The van der Waals surface area contributed by atoms with E-state index in [9.17, 15) is 4.79 Å². The number of carbonyl (C=O) groups is 1. The van der Waals surface area contributed by atoms with Crippen molar-refractivity contribution in [3.8, 4) is 0 Å². The van der Waals surface area contributed by atoms with Gasteiger partial charge in [-0.1, -0.05) is 26.7 Å². The summed E-state index contributed by atoms with van der Waals surface area (Å²) < 4.78 is 0. The highest BCUT2D eigenvalue weighted by Gasteiger charge is 2.32. The number of amides is 1. The maximum atomic E-state index is 13.0. The van der Waals surface area contributed by atoms with Crippen LogP contribution in [-0.2, 0) is 4.79 Å². The van der Waals surface area contributed by atoms with Crippen LogP contribution < -0.4 is 10.2 Å². The first-order valence-electron chi connectivity index (χ1n) is 13.5. The Bertz CT molecular complexity index is 746. The van der Waals surface area contributed by atoms with Gasteiger partial charge < -0.3 is 15.1 Å². The summed E-state index contributed by atoms with van der Waals surface area (Å²) in [5.74, 6) is 2.38. The number of piperidine rings is 2. The number of hydrogen-bond acceptors (Lipinski definition) is 6. The molecule has 184 valence electrons. The fourth-order valence-corrected chi connectivity index (χ4v) is 5.88. The smallest absolute Gasteiger partial charge is 0.225 e. The lowest BCUT2D eigenvalue weighted by atomic mass is 9.96. The van der Waals surface area contributed by atoms with E-state index < -0.39 is 0 Å². The third kappa shape index (κ3) is 6.37. The van der Waals surface area contributed by atoms with Gasteiger partial charge in [-0.15, -0.1) is 0 Å². The normalized spacial score (nSPS) is 25.2. The van der Waals surface area contributed by atoms with Crippen LogP contribution >= 0.6 is 0 Å². The van der Waals surface area contributed by atoms with Crippen molar-refractivity contribution in [1.29, 1.82) is 0 Å². The van der Waals surface area contributed by atoms with Crippen LogP contribution in [0.25, 0.3) is 0 Å². The Morgan fingerprint density at radius 3 is 2.52 bits per heavy atom. The standard InChI is InChI=1S/C26H44N6O/c1-3-21(4-2)25(33)32-18-10-12-23(20-32)31-17-9-11-22(19-31)28-26-27-14-13-24(29-26)30-15-7-5-6-8-16-30/h13-14,21-23H,3-12,15-20H2,1-2H3,(H,27,28,29). The van der Waals surface area contributed by atoms with Gasteiger partial charge >= 0.3 is 0 Å². The molecular weight excluding hydrogens is 412 g/mol. The zero-order valence-corrected chi connectivity index (χ0v) is 20.8. The predicted octanol–water partition coefficient (Wildman–Crippen LogP) is 4.16. The van der Waals surface area contributed by atoms with Crippen LogP contribution in [0, 0.1) is 5.92 Å². The largest absolute Gasteiger partial charge is 0.356 e. The van der Waals surface area contributed by atoms with E-state index in [0.717, 1.165) is 76.7 Å². The fraction of sp³-hybridized carbons (Fsp3) is 0.808. The molecule has 0 bridgehead atoms. The van der Waals surface area contributed by atoms with Crippen LogP contribution in [0.2, 0.25) is 0 Å². The van der Waals surface area contributed by atoms with Crippen LogP contribution in [0.3, 0.4) is 0 Å². The summed E-state index contributed by atoms with van der Waals surface area (Å²) in [5, 5.41) is 3.64. The van der Waals surface area contributed by atoms with Crippen molar-refractivity contribution in [2.75, 3.05) is 49.5 Å². The van der Waals surface area contributed by atoms with Crippen molar-refractivity contribution >= 4 is 17.7 Å². The van der Waals surface area contributed by atoms with Crippen molar-refractivity contribution in [3.05, 3.63) is 12.3 Å². The van der Waals surface area contributed by atoms with Crippen LogP contribution in [0.5, 0.6) is 0 Å². The van der Waals surface area contributed by atoms with E-state index in [0.29, 0.717) is 18.0 Å². The fourth-order valence-electron chi connectivity index (χ4n) is 5.88. The second kappa shape index (κ2) is 12.0. The first kappa shape index (κ1) is 24.2. The molecular formula is C26H44N6O. The van der Waals surface area contributed by atoms with Crippen LogP contribution in [-0.4, -0.2) is 77.0 Å². The van der Waals surface area contributed by atoms with Gasteiger partial charge in [0.05, 0.1) is 0 Å².